The number of piperazine rings is 1. The van der Waals surface area contributed by atoms with Gasteiger partial charge in [-0.05, 0) is 23.9 Å². The van der Waals surface area contributed by atoms with E-state index in [4.69, 9.17) is 0 Å². The van der Waals surface area contributed by atoms with Crippen molar-refractivity contribution in [1.29, 1.82) is 5.26 Å². The molecule has 1 aromatic carbocycles. The minimum Gasteiger partial charge on any atom is -0.301 e. The second-order valence-electron chi connectivity index (χ2n) is 7.13. The molecular weight excluding hydrogens is 258 g/mol. The van der Waals surface area contributed by atoms with Crippen molar-refractivity contribution >= 4 is 0 Å². The summed E-state index contributed by atoms with van der Waals surface area (Å²) in [6.07, 6.45) is 1.23. The molecule has 0 unspecified atom stereocenters. The second kappa shape index (κ2) is 7.06. The smallest absolute Gasteiger partial charge is 0.123 e. The summed E-state index contributed by atoms with van der Waals surface area (Å²) in [6.45, 7) is 12.2. The van der Waals surface area contributed by atoms with Crippen LogP contribution < -0.4 is 0 Å². The van der Waals surface area contributed by atoms with Crippen LogP contribution in [0.4, 0.5) is 0 Å². The molecule has 0 radical (unpaired) electrons. The summed E-state index contributed by atoms with van der Waals surface area (Å²) in [5.74, 6) is 0. The van der Waals surface area contributed by atoms with E-state index in [1.54, 1.807) is 0 Å². The molecule has 114 valence electrons. The Hall–Kier alpha value is -1.37. The molecule has 21 heavy (non-hydrogen) atoms. The highest BCUT2D eigenvalue weighted by Gasteiger charge is 2.25. The lowest BCUT2D eigenvalue weighted by Crippen LogP contribution is -2.47. The van der Waals surface area contributed by atoms with Crippen LogP contribution in [0.3, 0.4) is 0 Å². The molecule has 0 aromatic heterocycles. The highest BCUT2D eigenvalue weighted by Crippen LogP contribution is 2.23. The highest BCUT2D eigenvalue weighted by molar-refractivity contribution is 5.24. The molecule has 1 fully saturated rings. The summed E-state index contributed by atoms with van der Waals surface area (Å²) in [4.78, 5) is 4.84. The van der Waals surface area contributed by atoms with Gasteiger partial charge in [0, 0.05) is 26.2 Å². The molecular formula is C18H27N3. The van der Waals surface area contributed by atoms with E-state index in [0.717, 1.165) is 31.7 Å². The molecule has 0 aliphatic carbocycles. The van der Waals surface area contributed by atoms with Gasteiger partial charge in [0.25, 0.3) is 0 Å². The molecule has 1 heterocycles. The van der Waals surface area contributed by atoms with Gasteiger partial charge in [0.05, 0.1) is 6.07 Å². The van der Waals surface area contributed by atoms with E-state index >= 15 is 0 Å². The maximum atomic E-state index is 9.50. The van der Waals surface area contributed by atoms with E-state index in [9.17, 15) is 5.26 Å². The van der Waals surface area contributed by atoms with Gasteiger partial charge in [-0.3, -0.25) is 4.90 Å². The van der Waals surface area contributed by atoms with Gasteiger partial charge < -0.3 is 4.90 Å². The first-order valence-electron chi connectivity index (χ1n) is 7.90. The molecule has 2 rings (SSSR count). The second-order valence-corrected chi connectivity index (χ2v) is 7.13. The fourth-order valence-electron chi connectivity index (χ4n) is 2.74. The molecule has 0 spiro atoms. The summed E-state index contributed by atoms with van der Waals surface area (Å²) >= 11 is 0. The van der Waals surface area contributed by atoms with E-state index in [-0.39, 0.29) is 6.04 Å². The highest BCUT2D eigenvalue weighted by atomic mass is 15.3. The molecule has 1 aliphatic rings. The Balaban J connectivity index is 1.87. The van der Waals surface area contributed by atoms with Crippen molar-refractivity contribution in [2.45, 2.75) is 33.2 Å². The van der Waals surface area contributed by atoms with Crippen molar-refractivity contribution in [2.24, 2.45) is 5.41 Å². The minimum atomic E-state index is -0.101. The van der Waals surface area contributed by atoms with Gasteiger partial charge in [-0.2, -0.15) is 5.26 Å². The predicted molar refractivity (Wildman–Crippen MR) is 86.9 cm³/mol. The zero-order valence-corrected chi connectivity index (χ0v) is 13.5. The molecule has 0 bridgehead atoms. The number of rotatable bonds is 4. The van der Waals surface area contributed by atoms with Crippen LogP contribution in [-0.4, -0.2) is 42.5 Å². The maximum Gasteiger partial charge on any atom is 0.123 e. The number of benzene rings is 1. The van der Waals surface area contributed by atoms with Crippen molar-refractivity contribution in [3.05, 3.63) is 35.9 Å². The van der Waals surface area contributed by atoms with Crippen molar-refractivity contribution in [2.75, 3.05) is 32.7 Å². The van der Waals surface area contributed by atoms with Crippen LogP contribution in [0.15, 0.2) is 30.3 Å². The number of hydrogen-bond acceptors (Lipinski definition) is 3. The third kappa shape index (κ3) is 4.84. The first-order chi connectivity index (χ1) is 9.99. The summed E-state index contributed by atoms with van der Waals surface area (Å²) in [7, 11) is 0. The average Bonchev–Trinajstić information content (AvgIpc) is 2.47. The molecule has 0 N–H and O–H groups in total. The molecule has 3 nitrogen and oxygen atoms in total. The van der Waals surface area contributed by atoms with Gasteiger partial charge in [0.15, 0.2) is 0 Å². The van der Waals surface area contributed by atoms with Crippen molar-refractivity contribution in [3.63, 3.8) is 0 Å². The van der Waals surface area contributed by atoms with Gasteiger partial charge in [0.2, 0.25) is 0 Å². The Morgan fingerprint density at radius 1 is 1.10 bits per heavy atom. The Morgan fingerprint density at radius 2 is 1.71 bits per heavy atom. The van der Waals surface area contributed by atoms with Gasteiger partial charge >= 0.3 is 0 Å². The van der Waals surface area contributed by atoms with Crippen molar-refractivity contribution < 1.29 is 0 Å². The molecule has 3 heteroatoms. The fourth-order valence-corrected chi connectivity index (χ4v) is 2.74. The molecule has 1 atom stereocenters. The zero-order valence-electron chi connectivity index (χ0n) is 13.5. The van der Waals surface area contributed by atoms with E-state index < -0.39 is 0 Å². The van der Waals surface area contributed by atoms with Crippen LogP contribution in [-0.2, 0) is 0 Å². The zero-order chi connectivity index (χ0) is 15.3. The van der Waals surface area contributed by atoms with E-state index in [0.29, 0.717) is 5.41 Å². The number of nitrogens with zero attached hydrogens (tertiary/aromatic N) is 3. The SMILES string of the molecule is CC(C)(C)CCN1CCN([C@@H](C#N)c2ccccc2)CC1. The Labute approximate surface area is 129 Å². The molecule has 0 saturated carbocycles. The van der Waals surface area contributed by atoms with Crippen molar-refractivity contribution in [3.8, 4) is 6.07 Å². The predicted octanol–water partition coefficient (Wildman–Crippen LogP) is 3.31. The van der Waals surface area contributed by atoms with Gasteiger partial charge in [0.1, 0.15) is 6.04 Å². The van der Waals surface area contributed by atoms with E-state index in [1.165, 1.54) is 13.0 Å². The first-order valence-corrected chi connectivity index (χ1v) is 7.90. The Bertz CT molecular complexity index is 461. The number of nitriles is 1. The molecule has 1 aliphatic heterocycles. The summed E-state index contributed by atoms with van der Waals surface area (Å²) in [5.41, 5.74) is 1.51. The summed E-state index contributed by atoms with van der Waals surface area (Å²) < 4.78 is 0. The third-order valence-electron chi connectivity index (χ3n) is 4.19. The van der Waals surface area contributed by atoms with Gasteiger partial charge in [-0.15, -0.1) is 0 Å². The van der Waals surface area contributed by atoms with Crippen LogP contribution in [0.5, 0.6) is 0 Å². The lowest BCUT2D eigenvalue weighted by Gasteiger charge is -2.37. The first kappa shape index (κ1) is 16.0. The largest absolute Gasteiger partial charge is 0.301 e. The maximum absolute atomic E-state index is 9.50. The standard InChI is InChI=1S/C18H27N3/c1-18(2,3)9-10-20-11-13-21(14-12-20)17(15-19)16-7-5-4-6-8-16/h4-8,17H,9-14H2,1-3H3/t17-/m0/s1. The molecule has 1 saturated heterocycles. The van der Waals surface area contributed by atoms with Crippen molar-refractivity contribution in [1.82, 2.24) is 9.80 Å². The average molecular weight is 285 g/mol. The van der Waals surface area contributed by atoms with Crippen LogP contribution in [0.2, 0.25) is 0 Å². The normalized spacial score (nSPS) is 19.1. The van der Waals surface area contributed by atoms with Crippen LogP contribution in [0.1, 0.15) is 38.8 Å². The van der Waals surface area contributed by atoms with Gasteiger partial charge in [-0.1, -0.05) is 51.1 Å². The summed E-state index contributed by atoms with van der Waals surface area (Å²) in [5, 5.41) is 9.50. The number of hydrogen-bond donors (Lipinski definition) is 0. The lowest BCUT2D eigenvalue weighted by molar-refractivity contribution is 0.105. The van der Waals surface area contributed by atoms with E-state index in [2.05, 4.69) is 48.8 Å². The Kier molecular flexibility index (Phi) is 5.39. The monoisotopic (exact) mass is 285 g/mol. The molecule has 1 aromatic rings. The van der Waals surface area contributed by atoms with Crippen LogP contribution in [0.25, 0.3) is 0 Å². The van der Waals surface area contributed by atoms with Gasteiger partial charge in [-0.25, -0.2) is 0 Å². The summed E-state index contributed by atoms with van der Waals surface area (Å²) in [6, 6.07) is 12.5. The molecule has 0 amide bonds. The fraction of sp³-hybridized carbons (Fsp3) is 0.611. The van der Waals surface area contributed by atoms with E-state index in [1.807, 2.05) is 18.2 Å². The van der Waals surface area contributed by atoms with Crippen LogP contribution >= 0.6 is 0 Å². The topological polar surface area (TPSA) is 30.3 Å². The lowest BCUT2D eigenvalue weighted by atomic mass is 9.92. The third-order valence-corrected chi connectivity index (χ3v) is 4.19. The van der Waals surface area contributed by atoms with Crippen LogP contribution in [0, 0.1) is 16.7 Å². The quantitative estimate of drug-likeness (QED) is 0.850. The minimum absolute atomic E-state index is 0.101. The Morgan fingerprint density at radius 3 is 2.24 bits per heavy atom.